The van der Waals surface area contributed by atoms with Crippen molar-refractivity contribution in [2.45, 2.75) is 19.8 Å². The third-order valence-electron chi connectivity index (χ3n) is 3.87. The number of rotatable bonds is 9. The molecule has 0 heterocycles. The minimum atomic E-state index is -3.01. The molecule has 0 aliphatic rings. The van der Waals surface area contributed by atoms with Gasteiger partial charge in [0.25, 0.3) is 11.4 Å². The van der Waals surface area contributed by atoms with Crippen LogP contribution in [0.3, 0.4) is 0 Å². The molecule has 26 heavy (non-hydrogen) atoms. The van der Waals surface area contributed by atoms with Crippen LogP contribution in [0.2, 0.25) is 0 Å². The van der Waals surface area contributed by atoms with Crippen LogP contribution in [0, 0.1) is 20.2 Å². The topological polar surface area (TPSA) is 113 Å². The van der Waals surface area contributed by atoms with E-state index in [9.17, 15) is 24.8 Å². The molecule has 0 bridgehead atoms. The van der Waals surface area contributed by atoms with Gasteiger partial charge in [0, 0.05) is 35.7 Å². The van der Waals surface area contributed by atoms with Crippen molar-refractivity contribution in [1.82, 2.24) is 0 Å². The number of hydrogen-bond donors (Lipinski definition) is 0. The lowest BCUT2D eigenvalue weighted by molar-refractivity contribution is -0.385. The van der Waals surface area contributed by atoms with Crippen molar-refractivity contribution >= 4 is 23.8 Å². The zero-order valence-corrected chi connectivity index (χ0v) is 15.1. The monoisotopic (exact) mass is 378 g/mol. The molecule has 0 saturated carbocycles. The zero-order valence-electron chi connectivity index (χ0n) is 14.2. The Morgan fingerprint density at radius 3 is 2.23 bits per heavy atom. The van der Waals surface area contributed by atoms with E-state index in [-0.39, 0.29) is 17.7 Å². The molecule has 8 nitrogen and oxygen atoms in total. The lowest BCUT2D eigenvalue weighted by Crippen LogP contribution is -2.15. The van der Waals surface area contributed by atoms with Gasteiger partial charge in [0.15, 0.2) is 7.14 Å². The minimum Gasteiger partial charge on any atom is -0.486 e. The summed E-state index contributed by atoms with van der Waals surface area (Å²) in [5, 5.41) is 22.1. The number of benzene rings is 2. The molecule has 0 aliphatic carbocycles. The van der Waals surface area contributed by atoms with Gasteiger partial charge in [-0.3, -0.25) is 20.2 Å². The van der Waals surface area contributed by atoms with Crippen molar-refractivity contribution in [3.8, 4) is 5.75 Å². The van der Waals surface area contributed by atoms with Gasteiger partial charge in [-0.25, -0.2) is 0 Å². The average Bonchev–Trinajstić information content (AvgIpc) is 2.65. The molecule has 0 radical (unpaired) electrons. The van der Waals surface area contributed by atoms with Crippen LogP contribution < -0.4 is 10.0 Å². The second-order valence-corrected chi connectivity index (χ2v) is 8.77. The molecule has 2 rings (SSSR count). The van der Waals surface area contributed by atoms with Gasteiger partial charge in [0.1, 0.15) is 12.1 Å². The first-order valence-electron chi connectivity index (χ1n) is 8.06. The van der Waals surface area contributed by atoms with Crippen molar-refractivity contribution < 1.29 is 19.1 Å². The Labute approximate surface area is 150 Å². The summed E-state index contributed by atoms with van der Waals surface area (Å²) >= 11 is 0. The Balaban J connectivity index is 2.23. The van der Waals surface area contributed by atoms with Crippen LogP contribution in [0.1, 0.15) is 19.8 Å². The quantitative estimate of drug-likeness (QED) is 0.365. The second-order valence-electron chi connectivity index (χ2n) is 5.77. The molecule has 0 N–H and O–H groups in total. The highest BCUT2D eigenvalue weighted by Gasteiger charge is 2.27. The Morgan fingerprint density at radius 2 is 1.65 bits per heavy atom. The molecule has 0 amide bonds. The fourth-order valence-corrected chi connectivity index (χ4v) is 4.83. The molecule has 138 valence electrons. The van der Waals surface area contributed by atoms with E-state index < -0.39 is 17.0 Å². The van der Waals surface area contributed by atoms with Gasteiger partial charge in [0.2, 0.25) is 0 Å². The molecule has 0 fully saturated rings. The third kappa shape index (κ3) is 4.89. The molecule has 0 spiro atoms. The van der Waals surface area contributed by atoms with Gasteiger partial charge >= 0.3 is 0 Å². The van der Waals surface area contributed by atoms with Gasteiger partial charge in [-0.1, -0.05) is 25.5 Å². The summed E-state index contributed by atoms with van der Waals surface area (Å²) < 4.78 is 19.0. The highest BCUT2D eigenvalue weighted by Crippen LogP contribution is 2.46. The van der Waals surface area contributed by atoms with Gasteiger partial charge in [0.05, 0.1) is 9.85 Å². The largest absolute Gasteiger partial charge is 0.486 e. The molecule has 2 aromatic rings. The van der Waals surface area contributed by atoms with Crippen LogP contribution in [-0.2, 0) is 4.57 Å². The Morgan fingerprint density at radius 1 is 1.00 bits per heavy atom. The molecule has 0 aliphatic heterocycles. The van der Waals surface area contributed by atoms with Gasteiger partial charge < -0.3 is 9.30 Å². The fraction of sp³-hybridized carbons (Fsp3) is 0.294. The molecule has 0 saturated heterocycles. The van der Waals surface area contributed by atoms with Crippen molar-refractivity contribution in [2.24, 2.45) is 0 Å². The summed E-state index contributed by atoms with van der Waals surface area (Å²) in [4.78, 5) is 20.6. The Kier molecular flexibility index (Phi) is 6.46. The summed E-state index contributed by atoms with van der Waals surface area (Å²) in [6.45, 7) is 1.97. The van der Waals surface area contributed by atoms with Crippen LogP contribution in [0.25, 0.3) is 0 Å². The first-order chi connectivity index (χ1) is 12.4. The summed E-state index contributed by atoms with van der Waals surface area (Å²) in [5.41, 5.74) is -0.181. The standard InChI is InChI=1S/C17H19N2O6P/c1-2-3-11-26(24,17-6-4-5-15(12-17)19(22)23)13-25-16-9-7-14(8-10-16)18(20)21/h4-10,12H,2-3,11,13H2,1H3. The number of nitro benzene ring substituents is 2. The maximum atomic E-state index is 13.4. The first kappa shape index (κ1) is 19.6. The van der Waals surface area contributed by atoms with Crippen LogP contribution >= 0.6 is 7.14 Å². The second kappa shape index (κ2) is 8.58. The number of unbranched alkanes of at least 4 members (excludes halogenated alkanes) is 1. The number of nitro groups is 2. The van der Waals surface area contributed by atoms with Crippen molar-refractivity contribution in [3.63, 3.8) is 0 Å². The molecular formula is C17H19N2O6P. The third-order valence-corrected chi connectivity index (χ3v) is 6.68. The number of ether oxygens (including phenoxy) is 1. The predicted octanol–water partition coefficient (Wildman–Crippen LogP) is 4.33. The van der Waals surface area contributed by atoms with Crippen LogP contribution in [0.15, 0.2) is 48.5 Å². The van der Waals surface area contributed by atoms with Crippen molar-refractivity contribution in [1.29, 1.82) is 0 Å². The SMILES string of the molecule is CCCCP(=O)(COc1ccc([N+](=O)[O-])cc1)c1cccc([N+](=O)[O-])c1. The van der Waals surface area contributed by atoms with E-state index in [1.807, 2.05) is 6.92 Å². The lowest BCUT2D eigenvalue weighted by atomic mass is 10.3. The molecule has 2 aromatic carbocycles. The molecule has 1 atom stereocenters. The van der Waals surface area contributed by atoms with Crippen LogP contribution in [0.4, 0.5) is 11.4 Å². The van der Waals surface area contributed by atoms with E-state index >= 15 is 0 Å². The predicted molar refractivity (Wildman–Crippen MR) is 98.7 cm³/mol. The average molecular weight is 378 g/mol. The maximum Gasteiger partial charge on any atom is 0.270 e. The minimum absolute atomic E-state index is 0.0646. The van der Waals surface area contributed by atoms with E-state index in [0.717, 1.165) is 6.42 Å². The van der Waals surface area contributed by atoms with E-state index in [2.05, 4.69) is 0 Å². The summed E-state index contributed by atoms with van der Waals surface area (Å²) in [6, 6.07) is 11.3. The van der Waals surface area contributed by atoms with E-state index in [4.69, 9.17) is 4.74 Å². The van der Waals surface area contributed by atoms with E-state index in [1.54, 1.807) is 6.07 Å². The first-order valence-corrected chi connectivity index (χ1v) is 10.1. The molecule has 0 aromatic heterocycles. The highest BCUT2D eigenvalue weighted by atomic mass is 31.2. The maximum absolute atomic E-state index is 13.4. The smallest absolute Gasteiger partial charge is 0.270 e. The summed E-state index contributed by atoms with van der Waals surface area (Å²) in [6.07, 6.45) is 1.78. The van der Waals surface area contributed by atoms with Gasteiger partial charge in [-0.2, -0.15) is 0 Å². The fourth-order valence-electron chi connectivity index (χ4n) is 2.38. The Bertz CT molecular complexity index is 837. The molecule has 1 unspecified atom stereocenters. The zero-order chi connectivity index (χ0) is 19.2. The van der Waals surface area contributed by atoms with E-state index in [0.29, 0.717) is 23.6 Å². The van der Waals surface area contributed by atoms with Gasteiger partial charge in [-0.05, 0) is 18.6 Å². The molecule has 9 heteroatoms. The van der Waals surface area contributed by atoms with Crippen molar-refractivity contribution in [2.75, 3.05) is 12.5 Å². The number of non-ortho nitro benzene ring substituents is 2. The van der Waals surface area contributed by atoms with E-state index in [1.165, 1.54) is 42.5 Å². The normalized spacial score (nSPS) is 13.0. The molecular weight excluding hydrogens is 359 g/mol. The van der Waals surface area contributed by atoms with Gasteiger partial charge in [-0.15, -0.1) is 0 Å². The van der Waals surface area contributed by atoms with Crippen LogP contribution in [-0.4, -0.2) is 22.4 Å². The lowest BCUT2D eigenvalue weighted by Gasteiger charge is -2.19. The number of hydrogen-bond acceptors (Lipinski definition) is 6. The number of nitrogens with zero attached hydrogens (tertiary/aromatic N) is 2. The van der Waals surface area contributed by atoms with Crippen molar-refractivity contribution in [3.05, 3.63) is 68.8 Å². The highest BCUT2D eigenvalue weighted by molar-refractivity contribution is 7.71. The Hall–Kier alpha value is -2.73. The summed E-state index contributed by atoms with van der Waals surface area (Å²) in [7, 11) is -3.01. The summed E-state index contributed by atoms with van der Waals surface area (Å²) in [5.74, 6) is 0.359. The van der Waals surface area contributed by atoms with Crippen LogP contribution in [0.5, 0.6) is 5.75 Å².